The molecule has 0 aromatic heterocycles. The first-order chi connectivity index (χ1) is 7.94. The zero-order valence-electron chi connectivity index (χ0n) is 11.1. The van der Waals surface area contributed by atoms with E-state index in [4.69, 9.17) is 10.5 Å². The minimum absolute atomic E-state index is 0.162. The van der Waals surface area contributed by atoms with Crippen molar-refractivity contribution in [3.05, 3.63) is 0 Å². The summed E-state index contributed by atoms with van der Waals surface area (Å²) in [4.78, 5) is 0. The SMILES string of the molecule is CCC(CN)S(=O)(=O)NCCCOCC(C)C. The lowest BCUT2D eigenvalue weighted by molar-refractivity contribution is 0.108. The van der Waals surface area contributed by atoms with Crippen LogP contribution < -0.4 is 10.5 Å². The summed E-state index contributed by atoms with van der Waals surface area (Å²) in [5.41, 5.74) is 5.41. The molecule has 0 spiro atoms. The lowest BCUT2D eigenvalue weighted by atomic mass is 10.2. The van der Waals surface area contributed by atoms with E-state index in [0.717, 1.165) is 0 Å². The van der Waals surface area contributed by atoms with Crippen molar-refractivity contribution in [1.82, 2.24) is 4.72 Å². The highest BCUT2D eigenvalue weighted by Crippen LogP contribution is 2.02. The highest BCUT2D eigenvalue weighted by Gasteiger charge is 2.20. The zero-order valence-corrected chi connectivity index (χ0v) is 11.9. The van der Waals surface area contributed by atoms with E-state index in [1.165, 1.54) is 0 Å². The lowest BCUT2D eigenvalue weighted by Crippen LogP contribution is -2.39. The second-order valence-corrected chi connectivity index (χ2v) is 6.57. The normalized spacial score (nSPS) is 14.2. The van der Waals surface area contributed by atoms with Gasteiger partial charge in [-0.25, -0.2) is 13.1 Å². The summed E-state index contributed by atoms with van der Waals surface area (Å²) in [6.45, 7) is 7.86. The van der Waals surface area contributed by atoms with E-state index in [-0.39, 0.29) is 6.54 Å². The standard InChI is InChI=1S/C11H26N2O3S/c1-4-11(8-12)17(14,15)13-6-5-7-16-9-10(2)3/h10-11,13H,4-9,12H2,1-3H3. The third-order valence-electron chi connectivity index (χ3n) is 2.38. The molecule has 0 rings (SSSR count). The molecule has 104 valence electrons. The van der Waals surface area contributed by atoms with Gasteiger partial charge in [-0.2, -0.15) is 0 Å². The van der Waals surface area contributed by atoms with Crippen molar-refractivity contribution in [1.29, 1.82) is 0 Å². The monoisotopic (exact) mass is 266 g/mol. The molecule has 5 nitrogen and oxygen atoms in total. The van der Waals surface area contributed by atoms with Gasteiger partial charge < -0.3 is 10.5 Å². The second-order valence-electron chi connectivity index (χ2n) is 4.53. The Labute approximate surface area is 105 Å². The van der Waals surface area contributed by atoms with Crippen molar-refractivity contribution in [3.8, 4) is 0 Å². The summed E-state index contributed by atoms with van der Waals surface area (Å²) in [6, 6.07) is 0. The van der Waals surface area contributed by atoms with Crippen LogP contribution in [0.4, 0.5) is 0 Å². The van der Waals surface area contributed by atoms with Gasteiger partial charge in [0.15, 0.2) is 0 Å². The Morgan fingerprint density at radius 3 is 2.47 bits per heavy atom. The smallest absolute Gasteiger partial charge is 0.215 e. The Kier molecular flexibility index (Phi) is 8.77. The molecule has 1 unspecified atom stereocenters. The maximum atomic E-state index is 11.7. The lowest BCUT2D eigenvalue weighted by Gasteiger charge is -2.14. The highest BCUT2D eigenvalue weighted by molar-refractivity contribution is 7.90. The number of hydrogen-bond acceptors (Lipinski definition) is 4. The third-order valence-corrected chi connectivity index (χ3v) is 4.39. The highest BCUT2D eigenvalue weighted by atomic mass is 32.2. The van der Waals surface area contributed by atoms with E-state index in [1.54, 1.807) is 0 Å². The molecule has 0 aromatic rings. The fraction of sp³-hybridized carbons (Fsp3) is 1.00. The Hall–Kier alpha value is -0.170. The molecule has 0 aliphatic carbocycles. The minimum Gasteiger partial charge on any atom is -0.381 e. The summed E-state index contributed by atoms with van der Waals surface area (Å²) >= 11 is 0. The molecule has 0 bridgehead atoms. The van der Waals surface area contributed by atoms with Crippen LogP contribution >= 0.6 is 0 Å². The fourth-order valence-corrected chi connectivity index (χ4v) is 2.70. The summed E-state index contributed by atoms with van der Waals surface area (Å²) in [7, 11) is -3.26. The van der Waals surface area contributed by atoms with Crippen LogP contribution in [0.15, 0.2) is 0 Å². The van der Waals surface area contributed by atoms with Crippen molar-refractivity contribution in [2.75, 3.05) is 26.3 Å². The van der Waals surface area contributed by atoms with Gasteiger partial charge in [-0.15, -0.1) is 0 Å². The molecule has 1 atom stereocenters. The minimum atomic E-state index is -3.26. The van der Waals surface area contributed by atoms with Crippen LogP contribution in [-0.4, -0.2) is 40.0 Å². The van der Waals surface area contributed by atoms with E-state index >= 15 is 0 Å². The molecule has 0 radical (unpaired) electrons. The third kappa shape index (κ3) is 7.70. The van der Waals surface area contributed by atoms with Crippen LogP contribution in [0.3, 0.4) is 0 Å². The van der Waals surface area contributed by atoms with Crippen LogP contribution in [0.25, 0.3) is 0 Å². The number of nitrogens with two attached hydrogens (primary N) is 1. The first-order valence-corrected chi connectivity index (χ1v) is 7.75. The van der Waals surface area contributed by atoms with Crippen molar-refractivity contribution >= 4 is 10.0 Å². The molecule has 6 heteroatoms. The maximum absolute atomic E-state index is 11.7. The van der Waals surface area contributed by atoms with Gasteiger partial charge >= 0.3 is 0 Å². The summed E-state index contributed by atoms with van der Waals surface area (Å²) < 4.78 is 31.3. The summed E-state index contributed by atoms with van der Waals surface area (Å²) in [6.07, 6.45) is 1.22. The number of nitrogens with one attached hydrogen (secondary N) is 1. The van der Waals surface area contributed by atoms with Crippen LogP contribution in [0.2, 0.25) is 0 Å². The van der Waals surface area contributed by atoms with E-state index in [2.05, 4.69) is 18.6 Å². The van der Waals surface area contributed by atoms with Crippen molar-refractivity contribution in [3.63, 3.8) is 0 Å². The average Bonchev–Trinajstić information content (AvgIpc) is 2.24. The Morgan fingerprint density at radius 1 is 1.35 bits per heavy atom. The van der Waals surface area contributed by atoms with E-state index < -0.39 is 15.3 Å². The van der Waals surface area contributed by atoms with Gasteiger partial charge in [0, 0.05) is 26.3 Å². The molecule has 0 saturated carbocycles. The van der Waals surface area contributed by atoms with Crippen molar-refractivity contribution in [2.45, 2.75) is 38.9 Å². The molecule has 0 aliphatic rings. The Bertz CT molecular complexity index is 274. The van der Waals surface area contributed by atoms with Crippen LogP contribution in [0.5, 0.6) is 0 Å². The Morgan fingerprint density at radius 2 is 2.00 bits per heavy atom. The van der Waals surface area contributed by atoms with Gasteiger partial charge in [0.25, 0.3) is 0 Å². The molecule has 0 amide bonds. The van der Waals surface area contributed by atoms with Gasteiger partial charge in [0.2, 0.25) is 10.0 Å². The Balaban J connectivity index is 3.73. The van der Waals surface area contributed by atoms with Gasteiger partial charge in [-0.05, 0) is 18.8 Å². The number of ether oxygens (including phenoxy) is 1. The summed E-state index contributed by atoms with van der Waals surface area (Å²) in [5, 5.41) is -0.487. The molecule has 3 N–H and O–H groups in total. The zero-order chi connectivity index (χ0) is 13.3. The number of rotatable bonds is 10. The summed E-state index contributed by atoms with van der Waals surface area (Å²) in [5.74, 6) is 0.508. The van der Waals surface area contributed by atoms with Crippen LogP contribution in [0.1, 0.15) is 33.6 Å². The van der Waals surface area contributed by atoms with Crippen molar-refractivity contribution in [2.24, 2.45) is 11.7 Å². The average molecular weight is 266 g/mol. The first kappa shape index (κ1) is 16.8. The maximum Gasteiger partial charge on any atom is 0.215 e. The van der Waals surface area contributed by atoms with Crippen molar-refractivity contribution < 1.29 is 13.2 Å². The van der Waals surface area contributed by atoms with Crippen LogP contribution in [0, 0.1) is 5.92 Å². The van der Waals surface area contributed by atoms with Gasteiger partial charge in [-0.1, -0.05) is 20.8 Å². The van der Waals surface area contributed by atoms with Gasteiger partial charge in [-0.3, -0.25) is 0 Å². The quantitative estimate of drug-likeness (QED) is 0.570. The number of hydrogen-bond donors (Lipinski definition) is 2. The topological polar surface area (TPSA) is 81.4 Å². The largest absolute Gasteiger partial charge is 0.381 e. The number of sulfonamides is 1. The first-order valence-electron chi connectivity index (χ1n) is 6.20. The molecule has 0 aliphatic heterocycles. The molecular weight excluding hydrogens is 240 g/mol. The molecule has 0 aromatic carbocycles. The molecule has 0 heterocycles. The fourth-order valence-electron chi connectivity index (χ4n) is 1.34. The molecule has 17 heavy (non-hydrogen) atoms. The van der Waals surface area contributed by atoms with Gasteiger partial charge in [0.1, 0.15) is 0 Å². The molecule has 0 fully saturated rings. The van der Waals surface area contributed by atoms with E-state index in [0.29, 0.717) is 38.5 Å². The molecule has 0 saturated heterocycles. The predicted molar refractivity (Wildman–Crippen MR) is 70.3 cm³/mol. The van der Waals surface area contributed by atoms with E-state index in [9.17, 15) is 8.42 Å². The predicted octanol–water partition coefficient (Wildman–Crippen LogP) is 0.706. The van der Waals surface area contributed by atoms with E-state index in [1.807, 2.05) is 6.92 Å². The molecular formula is C11H26N2O3S. The second kappa shape index (κ2) is 8.85. The van der Waals surface area contributed by atoms with Crippen LogP contribution in [-0.2, 0) is 14.8 Å². The van der Waals surface area contributed by atoms with Gasteiger partial charge in [0.05, 0.1) is 5.25 Å².